The lowest BCUT2D eigenvalue weighted by molar-refractivity contribution is -0.162. The molecule has 1 aliphatic rings. The number of benzene rings is 1. The van der Waals surface area contributed by atoms with Crippen molar-refractivity contribution in [2.24, 2.45) is 5.73 Å². The predicted octanol–water partition coefficient (Wildman–Crippen LogP) is 2.19. The molecule has 2 N–H and O–H groups in total. The Morgan fingerprint density at radius 3 is 2.47 bits per heavy atom. The quantitative estimate of drug-likeness (QED) is 0.668. The highest BCUT2D eigenvalue weighted by molar-refractivity contribution is 5.82. The second-order valence-corrected chi connectivity index (χ2v) is 6.01. The standard InChI is InChI=1S/C15H21NO3/c1-14(2,3)19-13(17)15(10-18-15)9-12(16)11-7-5-4-6-8-11/h4-8,12H,9-10,16H2,1-3H3. The minimum absolute atomic E-state index is 0.226. The molecule has 1 saturated heterocycles. The molecule has 4 heteroatoms. The lowest BCUT2D eigenvalue weighted by Gasteiger charge is -2.23. The van der Waals surface area contributed by atoms with Crippen LogP contribution in [0.2, 0.25) is 0 Å². The normalized spacial score (nSPS) is 23.8. The van der Waals surface area contributed by atoms with E-state index in [0.29, 0.717) is 13.0 Å². The maximum absolute atomic E-state index is 12.1. The van der Waals surface area contributed by atoms with Crippen molar-refractivity contribution < 1.29 is 14.3 Å². The number of hydrogen-bond donors (Lipinski definition) is 1. The largest absolute Gasteiger partial charge is 0.458 e. The zero-order chi connectivity index (χ0) is 14.1. The number of epoxide rings is 1. The molecule has 1 aromatic rings. The van der Waals surface area contributed by atoms with E-state index in [1.807, 2.05) is 51.1 Å². The van der Waals surface area contributed by atoms with E-state index in [1.165, 1.54) is 0 Å². The summed E-state index contributed by atoms with van der Waals surface area (Å²) in [4.78, 5) is 12.1. The van der Waals surface area contributed by atoms with Gasteiger partial charge in [0.2, 0.25) is 0 Å². The molecular formula is C15H21NO3. The Morgan fingerprint density at radius 2 is 2.00 bits per heavy atom. The first-order valence-corrected chi connectivity index (χ1v) is 6.50. The first kappa shape index (κ1) is 14.0. The smallest absolute Gasteiger partial charge is 0.341 e. The van der Waals surface area contributed by atoms with Crippen LogP contribution in [-0.2, 0) is 14.3 Å². The first-order chi connectivity index (χ1) is 8.82. The lowest BCUT2D eigenvalue weighted by atomic mass is 9.95. The van der Waals surface area contributed by atoms with Crippen LogP contribution < -0.4 is 5.73 Å². The summed E-state index contributed by atoms with van der Waals surface area (Å²) < 4.78 is 10.7. The van der Waals surface area contributed by atoms with Crippen LogP contribution in [0.15, 0.2) is 30.3 Å². The van der Waals surface area contributed by atoms with Crippen molar-refractivity contribution in [3.8, 4) is 0 Å². The summed E-state index contributed by atoms with van der Waals surface area (Å²) in [6.07, 6.45) is 0.450. The van der Waals surface area contributed by atoms with E-state index in [0.717, 1.165) is 5.56 Å². The van der Waals surface area contributed by atoms with E-state index in [-0.39, 0.29) is 12.0 Å². The summed E-state index contributed by atoms with van der Waals surface area (Å²) in [5.74, 6) is -0.314. The van der Waals surface area contributed by atoms with Crippen molar-refractivity contribution >= 4 is 5.97 Å². The number of carbonyl (C=O) groups excluding carboxylic acids is 1. The number of ether oxygens (including phenoxy) is 2. The Labute approximate surface area is 113 Å². The van der Waals surface area contributed by atoms with Crippen molar-refractivity contribution in [3.63, 3.8) is 0 Å². The highest BCUT2D eigenvalue weighted by atomic mass is 16.6. The molecule has 2 rings (SSSR count). The summed E-state index contributed by atoms with van der Waals surface area (Å²) in [5, 5.41) is 0. The Hall–Kier alpha value is -1.39. The molecule has 0 saturated carbocycles. The van der Waals surface area contributed by atoms with E-state index in [9.17, 15) is 4.79 Å². The molecule has 104 valence electrons. The molecule has 4 nitrogen and oxygen atoms in total. The minimum atomic E-state index is -0.845. The molecule has 0 radical (unpaired) electrons. The van der Waals surface area contributed by atoms with Gasteiger partial charge in [0.05, 0.1) is 6.61 Å². The number of rotatable bonds is 4. The molecule has 0 aromatic heterocycles. The van der Waals surface area contributed by atoms with E-state index < -0.39 is 11.2 Å². The maximum Gasteiger partial charge on any atom is 0.341 e. The van der Waals surface area contributed by atoms with Crippen LogP contribution in [-0.4, -0.2) is 23.8 Å². The fourth-order valence-electron chi connectivity index (χ4n) is 1.95. The van der Waals surface area contributed by atoms with E-state index in [4.69, 9.17) is 15.2 Å². The summed E-state index contributed by atoms with van der Waals surface area (Å²) in [6, 6.07) is 9.49. The van der Waals surface area contributed by atoms with Crippen LogP contribution in [0.5, 0.6) is 0 Å². The van der Waals surface area contributed by atoms with E-state index >= 15 is 0 Å². The fourth-order valence-corrected chi connectivity index (χ4v) is 1.95. The molecule has 19 heavy (non-hydrogen) atoms. The minimum Gasteiger partial charge on any atom is -0.458 e. The second kappa shape index (κ2) is 4.94. The highest BCUT2D eigenvalue weighted by Gasteiger charge is 2.55. The molecule has 0 aliphatic carbocycles. The molecular weight excluding hydrogens is 242 g/mol. The van der Waals surface area contributed by atoms with Crippen molar-refractivity contribution in [3.05, 3.63) is 35.9 Å². The average molecular weight is 263 g/mol. The van der Waals surface area contributed by atoms with Gasteiger partial charge in [-0.05, 0) is 26.3 Å². The molecule has 0 bridgehead atoms. The van der Waals surface area contributed by atoms with Crippen LogP contribution in [0.4, 0.5) is 0 Å². The summed E-state index contributed by atoms with van der Waals surface area (Å²) in [7, 11) is 0. The van der Waals surface area contributed by atoms with Gasteiger partial charge in [0.15, 0.2) is 5.60 Å². The molecule has 1 heterocycles. The van der Waals surface area contributed by atoms with Gasteiger partial charge in [0.25, 0.3) is 0 Å². The Kier molecular flexibility index (Phi) is 3.65. The van der Waals surface area contributed by atoms with Gasteiger partial charge in [-0.3, -0.25) is 0 Å². The third kappa shape index (κ3) is 3.55. The zero-order valence-corrected chi connectivity index (χ0v) is 11.7. The van der Waals surface area contributed by atoms with Crippen molar-refractivity contribution in [1.29, 1.82) is 0 Å². The highest BCUT2D eigenvalue weighted by Crippen LogP contribution is 2.38. The first-order valence-electron chi connectivity index (χ1n) is 6.50. The molecule has 2 unspecified atom stereocenters. The van der Waals surface area contributed by atoms with Crippen LogP contribution in [0.25, 0.3) is 0 Å². The van der Waals surface area contributed by atoms with Gasteiger partial charge in [0.1, 0.15) is 5.60 Å². The number of hydrogen-bond acceptors (Lipinski definition) is 4. The maximum atomic E-state index is 12.1. The topological polar surface area (TPSA) is 64.8 Å². The average Bonchev–Trinajstić information content (AvgIpc) is 3.09. The zero-order valence-electron chi connectivity index (χ0n) is 11.7. The SMILES string of the molecule is CC(C)(C)OC(=O)C1(CC(N)c2ccccc2)CO1. The van der Waals surface area contributed by atoms with E-state index in [1.54, 1.807) is 0 Å². The lowest BCUT2D eigenvalue weighted by Crippen LogP contribution is -2.36. The van der Waals surface area contributed by atoms with Crippen molar-refractivity contribution in [2.45, 2.75) is 44.4 Å². The van der Waals surface area contributed by atoms with Crippen molar-refractivity contribution in [1.82, 2.24) is 0 Å². The Balaban J connectivity index is 2.00. The molecule has 1 aromatic carbocycles. The van der Waals surface area contributed by atoms with Gasteiger partial charge in [-0.25, -0.2) is 4.79 Å². The third-order valence-corrected chi connectivity index (χ3v) is 3.04. The van der Waals surface area contributed by atoms with Crippen LogP contribution >= 0.6 is 0 Å². The summed E-state index contributed by atoms with van der Waals surface area (Å²) in [6.45, 7) is 5.93. The Morgan fingerprint density at radius 1 is 1.42 bits per heavy atom. The molecule has 0 amide bonds. The van der Waals surface area contributed by atoms with Crippen LogP contribution in [0.3, 0.4) is 0 Å². The van der Waals surface area contributed by atoms with Gasteiger partial charge in [-0.15, -0.1) is 0 Å². The van der Waals surface area contributed by atoms with Gasteiger partial charge in [0, 0.05) is 12.5 Å². The number of esters is 1. The van der Waals surface area contributed by atoms with Crippen LogP contribution in [0, 0.1) is 0 Å². The fraction of sp³-hybridized carbons (Fsp3) is 0.533. The van der Waals surface area contributed by atoms with Gasteiger partial charge >= 0.3 is 5.97 Å². The van der Waals surface area contributed by atoms with Gasteiger partial charge in [-0.1, -0.05) is 30.3 Å². The summed E-state index contributed by atoms with van der Waals surface area (Å²) >= 11 is 0. The molecule has 1 aliphatic heterocycles. The predicted molar refractivity (Wildman–Crippen MR) is 72.5 cm³/mol. The van der Waals surface area contributed by atoms with E-state index in [2.05, 4.69) is 0 Å². The number of nitrogens with two attached hydrogens (primary N) is 1. The Bertz CT molecular complexity index is 446. The second-order valence-electron chi connectivity index (χ2n) is 6.01. The molecule has 1 fully saturated rings. The third-order valence-electron chi connectivity index (χ3n) is 3.04. The monoisotopic (exact) mass is 263 g/mol. The van der Waals surface area contributed by atoms with Crippen molar-refractivity contribution in [2.75, 3.05) is 6.61 Å². The molecule has 0 spiro atoms. The summed E-state index contributed by atoms with van der Waals surface area (Å²) in [5.41, 5.74) is 5.78. The number of carbonyl (C=O) groups is 1. The van der Waals surface area contributed by atoms with Gasteiger partial charge in [-0.2, -0.15) is 0 Å². The van der Waals surface area contributed by atoms with Gasteiger partial charge < -0.3 is 15.2 Å². The molecule has 2 atom stereocenters. The van der Waals surface area contributed by atoms with Crippen LogP contribution in [0.1, 0.15) is 38.8 Å².